The Morgan fingerprint density at radius 3 is 2.64 bits per heavy atom. The molecular weight excluding hydrogens is 405 g/mol. The summed E-state index contributed by atoms with van der Waals surface area (Å²) in [4.78, 5) is 23.8. The molecule has 5 nitrogen and oxygen atoms in total. The smallest absolute Gasteiger partial charge is 0.416 e. The van der Waals surface area contributed by atoms with E-state index in [-0.39, 0.29) is 24.6 Å². The Hall–Kier alpha value is -2.29. The highest BCUT2D eigenvalue weighted by Gasteiger charge is 2.31. The van der Waals surface area contributed by atoms with Gasteiger partial charge in [-0.25, -0.2) is 0 Å². The van der Waals surface area contributed by atoms with Crippen LogP contribution >= 0.6 is 15.9 Å². The molecule has 1 amide bonds. The average molecular weight is 419 g/mol. The fraction of sp³-hybridized carbons (Fsp3) is 0.250. The number of nitrogens with one attached hydrogen (secondary N) is 1. The summed E-state index contributed by atoms with van der Waals surface area (Å²) in [5.41, 5.74) is -1.43. The molecule has 1 heterocycles. The van der Waals surface area contributed by atoms with E-state index in [1.165, 1.54) is 18.3 Å². The molecule has 0 saturated carbocycles. The number of benzene rings is 1. The Kier molecular flexibility index (Phi) is 5.89. The number of ether oxygens (including phenoxy) is 1. The van der Waals surface area contributed by atoms with Crippen molar-refractivity contribution < 1.29 is 22.7 Å². The van der Waals surface area contributed by atoms with Crippen molar-refractivity contribution in [3.63, 3.8) is 0 Å². The van der Waals surface area contributed by atoms with E-state index in [0.29, 0.717) is 4.47 Å². The summed E-state index contributed by atoms with van der Waals surface area (Å²) in [5.74, 6) is -0.536. The van der Waals surface area contributed by atoms with Crippen molar-refractivity contribution in [2.45, 2.75) is 19.6 Å². The number of carbonyl (C=O) groups excluding carboxylic acids is 1. The summed E-state index contributed by atoms with van der Waals surface area (Å²) in [6.45, 7) is 1.55. The molecule has 9 heteroatoms. The molecule has 0 saturated heterocycles. The van der Waals surface area contributed by atoms with E-state index in [2.05, 4.69) is 21.2 Å². The number of hydrogen-bond acceptors (Lipinski definition) is 3. The lowest BCUT2D eigenvalue weighted by Gasteiger charge is -2.15. The van der Waals surface area contributed by atoms with Crippen molar-refractivity contribution in [2.24, 2.45) is 0 Å². The van der Waals surface area contributed by atoms with Gasteiger partial charge in [-0.2, -0.15) is 13.2 Å². The summed E-state index contributed by atoms with van der Waals surface area (Å²) < 4.78 is 45.6. The molecule has 0 radical (unpaired) electrons. The van der Waals surface area contributed by atoms with Gasteiger partial charge in [0.15, 0.2) is 0 Å². The molecule has 25 heavy (non-hydrogen) atoms. The number of alkyl halides is 3. The third kappa shape index (κ3) is 5.09. The molecule has 0 fully saturated rings. The first-order chi connectivity index (χ1) is 11.7. The highest BCUT2D eigenvalue weighted by molar-refractivity contribution is 9.10. The molecule has 2 aromatic rings. The largest absolute Gasteiger partial charge is 0.492 e. The second-order valence-corrected chi connectivity index (χ2v) is 5.92. The molecule has 134 valence electrons. The minimum atomic E-state index is -4.55. The third-order valence-corrected chi connectivity index (χ3v) is 3.61. The van der Waals surface area contributed by atoms with Gasteiger partial charge in [0.1, 0.15) is 12.3 Å². The number of rotatable bonds is 5. The standard InChI is InChI=1S/C16H14BrF3N2O3/c1-2-25-13-5-3-10(16(18,19)20)7-12(13)21-14(23)9-22-8-11(17)4-6-15(22)24/h3-8H,2,9H2,1H3,(H,21,23). The van der Waals surface area contributed by atoms with E-state index in [1.807, 2.05) is 0 Å². The maximum atomic E-state index is 12.9. The van der Waals surface area contributed by atoms with Crippen molar-refractivity contribution in [2.75, 3.05) is 11.9 Å². The Balaban J connectivity index is 2.26. The normalized spacial score (nSPS) is 11.2. The second kappa shape index (κ2) is 7.73. The summed E-state index contributed by atoms with van der Waals surface area (Å²) in [7, 11) is 0. The van der Waals surface area contributed by atoms with Crippen LogP contribution in [0.1, 0.15) is 12.5 Å². The number of halogens is 4. The molecule has 0 bridgehead atoms. The van der Waals surface area contributed by atoms with Gasteiger partial charge in [0, 0.05) is 16.7 Å². The summed E-state index contributed by atoms with van der Waals surface area (Å²) >= 11 is 3.18. The monoisotopic (exact) mass is 418 g/mol. The first kappa shape index (κ1) is 19.0. The van der Waals surface area contributed by atoms with Crippen molar-refractivity contribution in [1.82, 2.24) is 4.57 Å². The number of carbonyl (C=O) groups is 1. The Morgan fingerprint density at radius 1 is 1.28 bits per heavy atom. The van der Waals surface area contributed by atoms with Crippen LogP contribution < -0.4 is 15.6 Å². The Labute approximate surface area is 149 Å². The molecule has 0 spiro atoms. The minimum absolute atomic E-state index is 0.107. The van der Waals surface area contributed by atoms with Gasteiger partial charge in [0.2, 0.25) is 5.91 Å². The second-order valence-electron chi connectivity index (χ2n) is 5.00. The molecule has 0 atom stereocenters. The van der Waals surface area contributed by atoms with Crippen LogP contribution in [0.3, 0.4) is 0 Å². The van der Waals surface area contributed by atoms with Gasteiger partial charge < -0.3 is 14.6 Å². The number of hydrogen-bond donors (Lipinski definition) is 1. The Bertz CT molecular complexity index is 834. The van der Waals surface area contributed by atoms with E-state index < -0.39 is 23.2 Å². The van der Waals surface area contributed by atoms with Crippen LogP contribution in [0.4, 0.5) is 18.9 Å². The van der Waals surface area contributed by atoms with Crippen LogP contribution in [0.15, 0.2) is 45.8 Å². The van der Waals surface area contributed by atoms with Gasteiger partial charge in [0.25, 0.3) is 5.56 Å². The zero-order valence-corrected chi connectivity index (χ0v) is 14.6. The van der Waals surface area contributed by atoms with Crippen LogP contribution in [0.25, 0.3) is 0 Å². The van der Waals surface area contributed by atoms with Crippen LogP contribution in [0.5, 0.6) is 5.75 Å². The van der Waals surface area contributed by atoms with Gasteiger partial charge in [-0.3, -0.25) is 9.59 Å². The molecule has 0 aliphatic carbocycles. The van der Waals surface area contributed by atoms with Crippen LogP contribution in [0, 0.1) is 0 Å². The molecule has 2 rings (SSSR count). The first-order valence-electron chi connectivity index (χ1n) is 7.20. The summed E-state index contributed by atoms with van der Waals surface area (Å²) in [5, 5.41) is 2.36. The zero-order valence-electron chi connectivity index (χ0n) is 13.1. The number of nitrogens with zero attached hydrogens (tertiary/aromatic N) is 1. The van der Waals surface area contributed by atoms with Crippen molar-refractivity contribution >= 4 is 27.5 Å². The van der Waals surface area contributed by atoms with E-state index >= 15 is 0 Å². The highest BCUT2D eigenvalue weighted by Crippen LogP contribution is 2.35. The zero-order chi connectivity index (χ0) is 18.6. The maximum absolute atomic E-state index is 12.9. The predicted molar refractivity (Wildman–Crippen MR) is 89.6 cm³/mol. The summed E-state index contributed by atoms with van der Waals surface area (Å²) in [6.07, 6.45) is -3.14. The lowest BCUT2D eigenvalue weighted by atomic mass is 10.1. The van der Waals surface area contributed by atoms with E-state index in [0.717, 1.165) is 22.8 Å². The van der Waals surface area contributed by atoms with Crippen molar-refractivity contribution in [3.8, 4) is 5.75 Å². The molecule has 0 unspecified atom stereocenters. The number of anilines is 1. The number of pyridine rings is 1. The fourth-order valence-corrected chi connectivity index (χ4v) is 2.43. The van der Waals surface area contributed by atoms with Gasteiger partial charge in [-0.15, -0.1) is 0 Å². The molecule has 1 aromatic carbocycles. The van der Waals surface area contributed by atoms with E-state index in [1.54, 1.807) is 6.92 Å². The summed E-state index contributed by atoms with van der Waals surface area (Å²) in [6, 6.07) is 5.61. The van der Waals surface area contributed by atoms with Crippen LogP contribution in [-0.2, 0) is 17.5 Å². The molecule has 0 aliphatic heterocycles. The van der Waals surface area contributed by atoms with Crippen LogP contribution in [-0.4, -0.2) is 17.1 Å². The highest BCUT2D eigenvalue weighted by atomic mass is 79.9. The number of amides is 1. The fourth-order valence-electron chi connectivity index (χ4n) is 2.06. The first-order valence-corrected chi connectivity index (χ1v) is 8.00. The maximum Gasteiger partial charge on any atom is 0.416 e. The van der Waals surface area contributed by atoms with E-state index in [9.17, 15) is 22.8 Å². The number of aromatic nitrogens is 1. The average Bonchev–Trinajstić information content (AvgIpc) is 2.51. The van der Waals surface area contributed by atoms with Gasteiger partial charge in [-0.1, -0.05) is 0 Å². The SMILES string of the molecule is CCOc1ccc(C(F)(F)F)cc1NC(=O)Cn1cc(Br)ccc1=O. The molecule has 1 aromatic heterocycles. The van der Waals surface area contributed by atoms with E-state index in [4.69, 9.17) is 4.74 Å². The lowest BCUT2D eigenvalue weighted by molar-refractivity contribution is -0.137. The Morgan fingerprint density at radius 2 is 2.00 bits per heavy atom. The van der Waals surface area contributed by atoms with Gasteiger partial charge >= 0.3 is 6.18 Å². The molecular formula is C16H14BrF3N2O3. The predicted octanol–water partition coefficient (Wildman–Crippen LogP) is 3.67. The van der Waals surface area contributed by atoms with Crippen LogP contribution in [0.2, 0.25) is 0 Å². The molecule has 0 aliphatic rings. The molecule has 1 N–H and O–H groups in total. The van der Waals surface area contributed by atoms with Gasteiger partial charge in [-0.05, 0) is 47.1 Å². The topological polar surface area (TPSA) is 60.3 Å². The lowest BCUT2D eigenvalue weighted by Crippen LogP contribution is -2.27. The van der Waals surface area contributed by atoms with Crippen molar-refractivity contribution in [3.05, 3.63) is 56.9 Å². The van der Waals surface area contributed by atoms with Gasteiger partial charge in [0.05, 0.1) is 17.9 Å². The third-order valence-electron chi connectivity index (χ3n) is 3.14. The van der Waals surface area contributed by atoms with Crippen molar-refractivity contribution in [1.29, 1.82) is 0 Å². The minimum Gasteiger partial charge on any atom is -0.492 e. The quantitative estimate of drug-likeness (QED) is 0.805.